The molecule has 0 aromatic heterocycles. The minimum Gasteiger partial charge on any atom is -0.394 e. The van der Waals surface area contributed by atoms with E-state index in [0.29, 0.717) is 0 Å². The quantitative estimate of drug-likeness (QED) is 0.0546. The highest BCUT2D eigenvalue weighted by Crippen LogP contribution is 2.26. The highest BCUT2D eigenvalue weighted by atomic mass is 16.7. The molecule has 24 heteroatoms. The zero-order valence-corrected chi connectivity index (χ0v) is 26.2. The average molecular weight is 741 g/mol. The van der Waals surface area contributed by atoms with Crippen LogP contribution >= 0.6 is 0 Å². The molecule has 24 nitrogen and oxygen atoms in total. The maximum absolute atomic E-state index is 12.5. The Labute approximate surface area is 282 Å². The van der Waals surface area contributed by atoms with E-state index < -0.39 is 162 Å². The summed E-state index contributed by atoms with van der Waals surface area (Å²) in [5.41, 5.74) is 0. The molecule has 0 aliphatic carbocycles. The molecule has 0 saturated carbocycles. The van der Waals surface area contributed by atoms with E-state index in [-0.39, 0.29) is 0 Å². The lowest BCUT2D eigenvalue weighted by Gasteiger charge is -2.42. The number of amides is 2. The van der Waals surface area contributed by atoms with Gasteiger partial charge in [-0.15, -0.1) is 0 Å². The molecule has 2 aliphatic rings. The van der Waals surface area contributed by atoms with Crippen molar-refractivity contribution < 1.29 is 110 Å². The van der Waals surface area contributed by atoms with Gasteiger partial charge in [-0.3, -0.25) is 9.59 Å². The van der Waals surface area contributed by atoms with Crippen molar-refractivity contribution in [2.75, 3.05) is 39.5 Å². The third-order valence-corrected chi connectivity index (χ3v) is 7.99. The van der Waals surface area contributed by atoms with Gasteiger partial charge < -0.3 is 111 Å². The average Bonchev–Trinajstić information content (AvgIpc) is 3.11. The Bertz CT molecular complexity index is 950. The molecule has 0 bridgehead atoms. The summed E-state index contributed by atoms with van der Waals surface area (Å²) >= 11 is 0. The first-order valence-electron chi connectivity index (χ1n) is 15.2. The Morgan fingerprint density at radius 1 is 0.540 bits per heavy atom. The predicted molar refractivity (Wildman–Crippen MR) is 154 cm³/mol. The van der Waals surface area contributed by atoms with Gasteiger partial charge in [0, 0.05) is 13.1 Å². The lowest BCUT2D eigenvalue weighted by atomic mass is 9.98. The van der Waals surface area contributed by atoms with Gasteiger partial charge in [-0.25, -0.2) is 0 Å². The third-order valence-electron chi connectivity index (χ3n) is 7.99. The number of carbonyl (C=O) groups excluding carboxylic acids is 2. The molecule has 0 aromatic rings. The fourth-order valence-electron chi connectivity index (χ4n) is 4.92. The molecular weight excluding hydrogens is 692 g/mol. The topological polar surface area (TPSA) is 419 Å². The molecule has 2 fully saturated rings. The monoisotopic (exact) mass is 740 g/mol. The van der Waals surface area contributed by atoms with Crippen LogP contribution in [0.5, 0.6) is 0 Å². The van der Waals surface area contributed by atoms with E-state index in [9.17, 15) is 91.3 Å². The van der Waals surface area contributed by atoms with Crippen LogP contribution < -0.4 is 10.6 Å². The fraction of sp³-hybridized carbons (Fsp3) is 0.923. The Hall–Kier alpha value is -1.86. The van der Waals surface area contributed by atoms with Crippen LogP contribution in [0, 0.1) is 0 Å². The van der Waals surface area contributed by atoms with Crippen molar-refractivity contribution in [2.24, 2.45) is 0 Å². The van der Waals surface area contributed by atoms with E-state index in [1.807, 2.05) is 0 Å². The number of aliphatic hydroxyl groups excluding tert-OH is 16. The second-order valence-electron chi connectivity index (χ2n) is 11.5. The standard InChI is InChI=1S/C26H48N2O22/c29-3-7(33)21(49-25-19(43)13(37)11(35)9(5-31)47-25)15(39)17(41)23(45)27-1-2-28-24(46)18(42)16(40)22(8(34)4-30)50-26-20(44)14(38)12(36)10(6-32)48-26/h7-22,25-26,29-44H,1-6H2,(H,27,45)(H,28,46). The number of nitrogens with one attached hydrogen (secondary N) is 2. The van der Waals surface area contributed by atoms with E-state index in [0.717, 1.165) is 0 Å². The van der Waals surface area contributed by atoms with Gasteiger partial charge in [-0.05, 0) is 0 Å². The highest BCUT2D eigenvalue weighted by Gasteiger charge is 2.49. The number of ether oxygens (including phenoxy) is 4. The SMILES string of the molecule is O=C(NCCNC(=O)C(O)C(O)C(OC1OC(CO)C(O)C(O)C1O)C(O)CO)C(O)C(O)C(OC1OC(CO)C(O)C(O)C1O)C(O)CO. The summed E-state index contributed by atoms with van der Waals surface area (Å²) in [5, 5.41) is 164. The van der Waals surface area contributed by atoms with Crippen molar-refractivity contribution in [1.29, 1.82) is 0 Å². The van der Waals surface area contributed by atoms with E-state index >= 15 is 0 Å². The summed E-state index contributed by atoms with van der Waals surface area (Å²) in [4.78, 5) is 25.0. The fourth-order valence-corrected chi connectivity index (χ4v) is 4.92. The molecule has 0 aromatic carbocycles. The molecule has 0 spiro atoms. The normalized spacial score (nSPS) is 35.2. The van der Waals surface area contributed by atoms with Gasteiger partial charge in [0.1, 0.15) is 85.5 Å². The van der Waals surface area contributed by atoms with Crippen molar-refractivity contribution in [3.8, 4) is 0 Å². The van der Waals surface area contributed by atoms with Gasteiger partial charge in [-0.2, -0.15) is 0 Å². The van der Waals surface area contributed by atoms with E-state index in [1.165, 1.54) is 0 Å². The van der Waals surface area contributed by atoms with Gasteiger partial charge >= 0.3 is 0 Å². The zero-order valence-electron chi connectivity index (χ0n) is 26.2. The van der Waals surface area contributed by atoms with Crippen molar-refractivity contribution in [3.63, 3.8) is 0 Å². The summed E-state index contributed by atoms with van der Waals surface area (Å²) in [6, 6.07) is 0. The third kappa shape index (κ3) is 10.8. The first kappa shape index (κ1) is 44.3. The summed E-state index contributed by atoms with van der Waals surface area (Å²) in [7, 11) is 0. The van der Waals surface area contributed by atoms with Crippen LogP contribution in [0.4, 0.5) is 0 Å². The molecule has 18 unspecified atom stereocenters. The van der Waals surface area contributed by atoms with Gasteiger partial charge in [-0.1, -0.05) is 0 Å². The van der Waals surface area contributed by atoms with E-state index in [4.69, 9.17) is 18.9 Å². The molecular formula is C26H48N2O22. The summed E-state index contributed by atoms with van der Waals surface area (Å²) in [5.74, 6) is -2.70. The Kier molecular flexibility index (Phi) is 18.1. The van der Waals surface area contributed by atoms with Gasteiger partial charge in [0.2, 0.25) is 0 Å². The molecule has 2 rings (SSSR count). The lowest BCUT2D eigenvalue weighted by molar-refractivity contribution is -0.326. The van der Waals surface area contributed by atoms with Crippen molar-refractivity contribution in [3.05, 3.63) is 0 Å². The highest BCUT2D eigenvalue weighted by molar-refractivity contribution is 5.82. The lowest BCUT2D eigenvalue weighted by Crippen LogP contribution is -2.62. The second kappa shape index (κ2) is 20.4. The number of hydrogen-bond donors (Lipinski definition) is 18. The largest absolute Gasteiger partial charge is 0.394 e. The van der Waals surface area contributed by atoms with Crippen molar-refractivity contribution in [1.82, 2.24) is 10.6 Å². The molecule has 18 atom stereocenters. The second-order valence-corrected chi connectivity index (χ2v) is 11.5. The number of aliphatic hydroxyl groups is 16. The summed E-state index contributed by atoms with van der Waals surface area (Å²) in [6.07, 6.45) is -36.0. The maximum Gasteiger partial charge on any atom is 0.251 e. The first-order chi connectivity index (χ1) is 23.5. The van der Waals surface area contributed by atoms with Crippen LogP contribution in [0.1, 0.15) is 0 Å². The van der Waals surface area contributed by atoms with Gasteiger partial charge in [0.15, 0.2) is 24.8 Å². The molecule has 18 N–H and O–H groups in total. The van der Waals surface area contributed by atoms with Crippen molar-refractivity contribution >= 4 is 11.8 Å². The predicted octanol–water partition coefficient (Wildman–Crippen LogP) is -12.3. The molecule has 0 radical (unpaired) electrons. The van der Waals surface area contributed by atoms with E-state index in [1.54, 1.807) is 0 Å². The Morgan fingerprint density at radius 3 is 1.14 bits per heavy atom. The molecule has 2 saturated heterocycles. The molecule has 294 valence electrons. The van der Waals surface area contributed by atoms with Crippen LogP contribution in [-0.4, -0.2) is 243 Å². The van der Waals surface area contributed by atoms with Crippen molar-refractivity contribution in [2.45, 2.75) is 110 Å². The Balaban J connectivity index is 1.96. The minimum absolute atomic E-state index is 0.526. The van der Waals surface area contributed by atoms with Crippen LogP contribution in [-0.2, 0) is 28.5 Å². The number of rotatable bonds is 19. The van der Waals surface area contributed by atoms with Crippen LogP contribution in [0.25, 0.3) is 0 Å². The number of carbonyl (C=O) groups is 2. The zero-order chi connectivity index (χ0) is 38.0. The molecule has 2 aliphatic heterocycles. The molecule has 50 heavy (non-hydrogen) atoms. The number of hydrogen-bond acceptors (Lipinski definition) is 22. The van der Waals surface area contributed by atoms with Crippen LogP contribution in [0.15, 0.2) is 0 Å². The summed E-state index contributed by atoms with van der Waals surface area (Å²) in [6.45, 7) is -5.00. The minimum atomic E-state index is -2.42. The Morgan fingerprint density at radius 2 is 0.860 bits per heavy atom. The first-order valence-corrected chi connectivity index (χ1v) is 15.2. The maximum atomic E-state index is 12.5. The summed E-state index contributed by atoms with van der Waals surface area (Å²) < 4.78 is 20.6. The van der Waals surface area contributed by atoms with Gasteiger partial charge in [0.25, 0.3) is 11.8 Å². The molecule has 2 heterocycles. The van der Waals surface area contributed by atoms with E-state index in [2.05, 4.69) is 10.6 Å². The van der Waals surface area contributed by atoms with Crippen LogP contribution in [0.2, 0.25) is 0 Å². The smallest absolute Gasteiger partial charge is 0.251 e. The van der Waals surface area contributed by atoms with Gasteiger partial charge in [0.05, 0.1) is 26.4 Å². The molecule has 2 amide bonds. The van der Waals surface area contributed by atoms with Crippen LogP contribution in [0.3, 0.4) is 0 Å².